The molecule has 1 aromatic carbocycles. The van der Waals surface area contributed by atoms with E-state index in [2.05, 4.69) is 20.4 Å². The summed E-state index contributed by atoms with van der Waals surface area (Å²) in [5.41, 5.74) is 0.506. The first-order valence-corrected chi connectivity index (χ1v) is 9.32. The number of fused-ring (bicyclic) bond motifs is 1. The van der Waals surface area contributed by atoms with Crippen LogP contribution in [0, 0.1) is 13.8 Å². The molecule has 3 aromatic heterocycles. The van der Waals surface area contributed by atoms with Crippen LogP contribution in [-0.4, -0.2) is 25.5 Å². The van der Waals surface area contributed by atoms with Crippen molar-refractivity contribution in [1.29, 1.82) is 0 Å². The lowest BCUT2D eigenvalue weighted by Crippen LogP contribution is -2.12. The number of aromatic nitrogens is 4. The number of aryl methyl sites for hydroxylation is 2. The second-order valence-electron chi connectivity index (χ2n) is 6.30. The Labute approximate surface area is 167 Å². The highest BCUT2D eigenvalue weighted by Crippen LogP contribution is 2.36. The van der Waals surface area contributed by atoms with E-state index in [0.717, 1.165) is 16.6 Å². The van der Waals surface area contributed by atoms with E-state index in [1.54, 1.807) is 0 Å². The Morgan fingerprint density at radius 3 is 2.59 bits per heavy atom. The van der Waals surface area contributed by atoms with E-state index in [4.69, 9.17) is 0 Å². The third-order valence-corrected chi connectivity index (χ3v) is 5.30. The summed E-state index contributed by atoms with van der Waals surface area (Å²) in [4.78, 5) is 21.9. The summed E-state index contributed by atoms with van der Waals surface area (Å²) in [6, 6.07) is 8.06. The molecule has 3 heterocycles. The number of amides is 1. The van der Waals surface area contributed by atoms with Crippen molar-refractivity contribution in [3.05, 3.63) is 64.4 Å². The van der Waals surface area contributed by atoms with Crippen molar-refractivity contribution < 1.29 is 18.0 Å². The second kappa shape index (κ2) is 6.96. The summed E-state index contributed by atoms with van der Waals surface area (Å²) in [5.74, 6) is -0.471. The fraction of sp³-hybridized carbons (Fsp3) is 0.158. The molecule has 0 saturated carbocycles. The first-order valence-electron chi connectivity index (χ1n) is 8.51. The van der Waals surface area contributed by atoms with Gasteiger partial charge in [-0.1, -0.05) is 18.2 Å². The Balaban J connectivity index is 1.68. The maximum Gasteiger partial charge on any atom is 0.417 e. The molecule has 4 aromatic rings. The normalized spacial score (nSPS) is 11.8. The first-order chi connectivity index (χ1) is 13.7. The van der Waals surface area contributed by atoms with E-state index in [-0.39, 0.29) is 22.6 Å². The predicted octanol–water partition coefficient (Wildman–Crippen LogP) is 4.74. The molecule has 0 aliphatic carbocycles. The molecule has 0 atom stereocenters. The van der Waals surface area contributed by atoms with Crippen LogP contribution in [0.1, 0.15) is 26.6 Å². The molecule has 6 nitrogen and oxygen atoms in total. The highest BCUT2D eigenvalue weighted by Gasteiger charge is 2.33. The molecule has 0 unspecified atom stereocenters. The Morgan fingerprint density at radius 1 is 1.14 bits per heavy atom. The Bertz CT molecular complexity index is 1210. The number of thiazole rings is 1. The second-order valence-corrected chi connectivity index (χ2v) is 7.51. The zero-order valence-corrected chi connectivity index (χ0v) is 16.1. The molecular formula is C19H14F3N5OS. The number of halogens is 3. The molecule has 0 radical (unpaired) electrons. The summed E-state index contributed by atoms with van der Waals surface area (Å²) in [5, 5.41) is 7.27. The minimum atomic E-state index is -4.50. The Morgan fingerprint density at radius 2 is 1.90 bits per heavy atom. The van der Waals surface area contributed by atoms with Crippen molar-refractivity contribution in [2.45, 2.75) is 20.0 Å². The molecule has 29 heavy (non-hydrogen) atoms. The van der Waals surface area contributed by atoms with Gasteiger partial charge in [0.25, 0.3) is 5.91 Å². The van der Waals surface area contributed by atoms with Crippen molar-refractivity contribution in [2.24, 2.45) is 0 Å². The van der Waals surface area contributed by atoms with E-state index in [0.29, 0.717) is 5.13 Å². The molecule has 0 saturated heterocycles. The van der Waals surface area contributed by atoms with Gasteiger partial charge in [0.2, 0.25) is 0 Å². The van der Waals surface area contributed by atoms with Crippen molar-refractivity contribution in [3.63, 3.8) is 0 Å². The fourth-order valence-electron chi connectivity index (χ4n) is 2.78. The van der Waals surface area contributed by atoms with Gasteiger partial charge in [-0.3, -0.25) is 10.1 Å². The molecule has 1 amide bonds. The average molecular weight is 417 g/mol. The number of nitrogens with zero attached hydrogens (tertiary/aromatic N) is 4. The predicted molar refractivity (Wildman–Crippen MR) is 103 cm³/mol. The highest BCUT2D eigenvalue weighted by molar-refractivity contribution is 7.15. The summed E-state index contributed by atoms with van der Waals surface area (Å²) >= 11 is 1.35. The largest absolute Gasteiger partial charge is 0.417 e. The van der Waals surface area contributed by atoms with Crippen LogP contribution in [0.25, 0.3) is 16.9 Å². The summed E-state index contributed by atoms with van der Waals surface area (Å²) < 4.78 is 41.2. The lowest BCUT2D eigenvalue weighted by molar-refractivity contribution is -0.137. The quantitative estimate of drug-likeness (QED) is 0.523. The smallest absolute Gasteiger partial charge is 0.296 e. The summed E-state index contributed by atoms with van der Waals surface area (Å²) in [6.45, 7) is 3.74. The number of hydrogen-bond donors (Lipinski definition) is 1. The minimum absolute atomic E-state index is 0.0385. The van der Waals surface area contributed by atoms with Crippen LogP contribution in [0.3, 0.4) is 0 Å². The lowest BCUT2D eigenvalue weighted by Gasteiger charge is -2.12. The van der Waals surface area contributed by atoms with Crippen molar-refractivity contribution >= 4 is 28.0 Å². The van der Waals surface area contributed by atoms with Gasteiger partial charge in [-0.2, -0.15) is 18.3 Å². The minimum Gasteiger partial charge on any atom is -0.296 e. The van der Waals surface area contributed by atoms with Crippen LogP contribution in [0.5, 0.6) is 0 Å². The Kier molecular flexibility index (Phi) is 4.58. The average Bonchev–Trinajstić information content (AvgIpc) is 3.23. The summed E-state index contributed by atoms with van der Waals surface area (Å²) in [6.07, 6.45) is -3.03. The molecule has 148 valence electrons. The van der Waals surface area contributed by atoms with E-state index in [1.807, 2.05) is 13.8 Å². The molecular weight excluding hydrogens is 403 g/mol. The van der Waals surface area contributed by atoms with Crippen LogP contribution in [0.4, 0.5) is 18.3 Å². The van der Waals surface area contributed by atoms with Gasteiger partial charge in [-0.25, -0.2) is 14.5 Å². The molecule has 10 heteroatoms. The number of alkyl halides is 3. The van der Waals surface area contributed by atoms with Crippen molar-refractivity contribution in [1.82, 2.24) is 19.6 Å². The molecule has 0 aliphatic heterocycles. The molecule has 0 bridgehead atoms. The summed E-state index contributed by atoms with van der Waals surface area (Å²) in [7, 11) is 0. The van der Waals surface area contributed by atoms with Gasteiger partial charge in [-0.05, 0) is 26.0 Å². The molecule has 0 aliphatic rings. The zero-order valence-electron chi connectivity index (χ0n) is 15.3. The molecule has 4 rings (SSSR count). The number of hydrogen-bond acceptors (Lipinski definition) is 5. The van der Waals surface area contributed by atoms with Gasteiger partial charge in [-0.15, -0.1) is 11.3 Å². The van der Waals surface area contributed by atoms with Crippen LogP contribution in [-0.2, 0) is 6.18 Å². The molecule has 0 fully saturated rings. The molecule has 1 N–H and O–H groups in total. The zero-order chi connectivity index (χ0) is 20.8. The standard InChI is InChI=1S/C19H14F3N5OS/c1-10-11(2)29-18(23-10)25-17(28)15-9-16-24-14(7-8-27(16)26-15)12-5-3-4-6-13(12)19(20,21)22/h3-9H,1-2H3,(H,23,25,28). The third kappa shape index (κ3) is 3.70. The van der Waals surface area contributed by atoms with Gasteiger partial charge in [0.15, 0.2) is 16.5 Å². The highest BCUT2D eigenvalue weighted by atomic mass is 32.1. The Hall–Kier alpha value is -3.27. The number of benzene rings is 1. The van der Waals surface area contributed by atoms with Crippen LogP contribution < -0.4 is 5.32 Å². The number of carbonyl (C=O) groups is 1. The van der Waals surface area contributed by atoms with Gasteiger partial charge < -0.3 is 0 Å². The SMILES string of the molecule is Cc1nc(NC(=O)c2cc3nc(-c4ccccc4C(F)(F)F)ccn3n2)sc1C. The van der Waals surface area contributed by atoms with Crippen LogP contribution in [0.2, 0.25) is 0 Å². The van der Waals surface area contributed by atoms with Crippen molar-refractivity contribution in [2.75, 3.05) is 5.32 Å². The van der Waals surface area contributed by atoms with E-state index >= 15 is 0 Å². The van der Waals surface area contributed by atoms with Crippen LogP contribution in [0.15, 0.2) is 42.6 Å². The lowest BCUT2D eigenvalue weighted by atomic mass is 10.0. The maximum absolute atomic E-state index is 13.3. The van der Waals surface area contributed by atoms with Crippen LogP contribution >= 0.6 is 11.3 Å². The molecule has 0 spiro atoms. The van der Waals surface area contributed by atoms with Gasteiger partial charge in [0.05, 0.1) is 17.0 Å². The van der Waals surface area contributed by atoms with Crippen molar-refractivity contribution in [3.8, 4) is 11.3 Å². The van der Waals surface area contributed by atoms with Gasteiger partial charge in [0, 0.05) is 22.7 Å². The number of carbonyl (C=O) groups excluding carboxylic acids is 1. The number of nitrogens with one attached hydrogen (secondary N) is 1. The van der Waals surface area contributed by atoms with Gasteiger partial charge >= 0.3 is 6.18 Å². The number of rotatable bonds is 3. The monoisotopic (exact) mass is 417 g/mol. The topological polar surface area (TPSA) is 72.2 Å². The third-order valence-electron chi connectivity index (χ3n) is 4.31. The first kappa shape index (κ1) is 19.1. The number of anilines is 1. The van der Waals surface area contributed by atoms with E-state index in [1.165, 1.54) is 52.4 Å². The maximum atomic E-state index is 13.3. The van der Waals surface area contributed by atoms with E-state index < -0.39 is 17.6 Å². The van der Waals surface area contributed by atoms with Gasteiger partial charge in [0.1, 0.15) is 0 Å². The fourth-order valence-corrected chi connectivity index (χ4v) is 3.59. The van der Waals surface area contributed by atoms with E-state index in [9.17, 15) is 18.0 Å².